The molecular weight excluding hydrogens is 340 g/mol. The van der Waals surface area contributed by atoms with E-state index in [9.17, 15) is 9.59 Å². The Bertz CT molecular complexity index is 427. The first kappa shape index (κ1) is 13.4. The number of aromatic nitrogens is 1. The summed E-state index contributed by atoms with van der Waals surface area (Å²) in [5.74, 6) is -0.292. The van der Waals surface area contributed by atoms with Gasteiger partial charge in [-0.3, -0.25) is 9.59 Å². The van der Waals surface area contributed by atoms with Crippen molar-refractivity contribution in [3.05, 3.63) is 34.2 Å². The molecule has 4 nitrogen and oxygen atoms in total. The highest BCUT2D eigenvalue weighted by atomic mass is 79.9. The summed E-state index contributed by atoms with van der Waals surface area (Å²) in [5.41, 5.74) is -0.406. The Kier molecular flexibility index (Phi) is 4.73. The summed E-state index contributed by atoms with van der Waals surface area (Å²) in [7, 11) is 0. The number of carbonyl (C=O) groups excluding carboxylic acids is 1. The summed E-state index contributed by atoms with van der Waals surface area (Å²) in [5, 5.41) is 4.07. The van der Waals surface area contributed by atoms with Gasteiger partial charge < -0.3 is 10.3 Å². The van der Waals surface area contributed by atoms with Gasteiger partial charge in [-0.15, -0.1) is 0 Å². The molecule has 0 spiro atoms. The van der Waals surface area contributed by atoms with E-state index in [1.165, 1.54) is 6.07 Å². The Hall–Kier alpha value is -0.620. The van der Waals surface area contributed by atoms with Crippen molar-refractivity contribution in [1.29, 1.82) is 0 Å². The van der Waals surface area contributed by atoms with Crippen molar-refractivity contribution in [1.82, 2.24) is 10.3 Å². The van der Waals surface area contributed by atoms with Gasteiger partial charge in [0.1, 0.15) is 5.69 Å². The summed E-state index contributed by atoms with van der Waals surface area (Å²) in [6, 6.07) is 4.48. The third kappa shape index (κ3) is 3.45. The highest BCUT2D eigenvalue weighted by Crippen LogP contribution is 2.12. The van der Waals surface area contributed by atoms with E-state index < -0.39 is 0 Å². The van der Waals surface area contributed by atoms with Gasteiger partial charge in [0.2, 0.25) is 5.56 Å². The quantitative estimate of drug-likeness (QED) is 0.810. The maximum atomic E-state index is 11.8. The number of alkyl halides is 2. The number of amides is 1. The molecule has 1 heterocycles. The van der Waals surface area contributed by atoms with Crippen LogP contribution in [0.3, 0.4) is 0 Å². The van der Waals surface area contributed by atoms with Crippen LogP contribution in [0.5, 0.6) is 0 Å². The lowest BCUT2D eigenvalue weighted by atomic mass is 10.1. The number of pyridine rings is 1. The van der Waals surface area contributed by atoms with Crippen molar-refractivity contribution in [3.63, 3.8) is 0 Å². The van der Waals surface area contributed by atoms with Gasteiger partial charge in [-0.1, -0.05) is 37.9 Å². The van der Waals surface area contributed by atoms with E-state index in [-0.39, 0.29) is 22.7 Å². The molecule has 16 heavy (non-hydrogen) atoms. The second-order valence-electron chi connectivity index (χ2n) is 3.71. The minimum Gasteiger partial charge on any atom is -0.344 e. The van der Waals surface area contributed by atoms with Crippen molar-refractivity contribution in [2.45, 2.75) is 12.5 Å². The van der Waals surface area contributed by atoms with Gasteiger partial charge in [-0.05, 0) is 13.0 Å². The standard InChI is InChI=1S/C10H12Br2N2O2/c1-10(5-11,6-12)14-9(16)7-3-2-4-8(15)13-7/h2-4H,5-6H2,1H3,(H,13,15)(H,14,16). The van der Waals surface area contributed by atoms with Crippen molar-refractivity contribution >= 4 is 37.8 Å². The van der Waals surface area contributed by atoms with Crippen molar-refractivity contribution in [2.24, 2.45) is 0 Å². The topological polar surface area (TPSA) is 62.0 Å². The number of carbonyl (C=O) groups is 1. The van der Waals surface area contributed by atoms with Crippen LogP contribution in [0.15, 0.2) is 23.0 Å². The highest BCUT2D eigenvalue weighted by molar-refractivity contribution is 9.09. The molecule has 0 aliphatic rings. The molecule has 0 bridgehead atoms. The number of hydrogen-bond acceptors (Lipinski definition) is 2. The van der Waals surface area contributed by atoms with Gasteiger partial charge in [0.15, 0.2) is 0 Å². The molecule has 6 heteroatoms. The summed E-state index contributed by atoms with van der Waals surface area (Å²) in [6.07, 6.45) is 0. The minimum absolute atomic E-state index is 0.264. The van der Waals surface area contributed by atoms with Crippen LogP contribution in [0.1, 0.15) is 17.4 Å². The monoisotopic (exact) mass is 350 g/mol. The lowest BCUT2D eigenvalue weighted by Crippen LogP contribution is -2.49. The van der Waals surface area contributed by atoms with E-state index in [2.05, 4.69) is 42.2 Å². The maximum Gasteiger partial charge on any atom is 0.268 e. The van der Waals surface area contributed by atoms with E-state index in [4.69, 9.17) is 0 Å². The Balaban J connectivity index is 2.84. The first-order valence-electron chi connectivity index (χ1n) is 4.64. The Labute approximate surface area is 110 Å². The Morgan fingerprint density at radius 1 is 1.44 bits per heavy atom. The van der Waals surface area contributed by atoms with Crippen LogP contribution in [0, 0.1) is 0 Å². The average molecular weight is 352 g/mol. The minimum atomic E-state index is -0.385. The molecule has 0 fully saturated rings. The summed E-state index contributed by atoms with van der Waals surface area (Å²) >= 11 is 6.66. The number of aromatic amines is 1. The van der Waals surface area contributed by atoms with Crippen LogP contribution >= 0.6 is 31.9 Å². The second kappa shape index (κ2) is 5.63. The van der Waals surface area contributed by atoms with Gasteiger partial charge in [0.25, 0.3) is 5.91 Å². The molecule has 1 amide bonds. The van der Waals surface area contributed by atoms with E-state index >= 15 is 0 Å². The Morgan fingerprint density at radius 2 is 2.06 bits per heavy atom. The first-order chi connectivity index (χ1) is 7.50. The zero-order valence-corrected chi connectivity index (χ0v) is 11.9. The van der Waals surface area contributed by atoms with Gasteiger partial charge in [-0.25, -0.2) is 0 Å². The fourth-order valence-corrected chi connectivity index (χ4v) is 2.23. The van der Waals surface area contributed by atoms with E-state index in [0.717, 1.165) is 0 Å². The van der Waals surface area contributed by atoms with Crippen molar-refractivity contribution < 1.29 is 4.79 Å². The predicted octanol–water partition coefficient (Wildman–Crippen LogP) is 1.65. The number of nitrogens with one attached hydrogen (secondary N) is 2. The molecule has 1 aromatic heterocycles. The van der Waals surface area contributed by atoms with Gasteiger partial charge in [-0.2, -0.15) is 0 Å². The fourth-order valence-electron chi connectivity index (χ4n) is 1.02. The lowest BCUT2D eigenvalue weighted by Gasteiger charge is -2.26. The number of hydrogen-bond donors (Lipinski definition) is 2. The molecule has 0 radical (unpaired) electrons. The van der Waals surface area contributed by atoms with E-state index in [1.807, 2.05) is 6.92 Å². The van der Waals surface area contributed by atoms with Crippen LogP contribution in [0.25, 0.3) is 0 Å². The van der Waals surface area contributed by atoms with Crippen molar-refractivity contribution in [3.8, 4) is 0 Å². The van der Waals surface area contributed by atoms with Gasteiger partial charge in [0, 0.05) is 16.7 Å². The van der Waals surface area contributed by atoms with Crippen LogP contribution in [0.2, 0.25) is 0 Å². The summed E-state index contributed by atoms with van der Waals surface area (Å²) < 4.78 is 0. The summed E-state index contributed by atoms with van der Waals surface area (Å²) in [6.45, 7) is 1.90. The zero-order chi connectivity index (χ0) is 12.2. The SMILES string of the molecule is CC(CBr)(CBr)NC(=O)c1cccc(=O)[nH]1. The zero-order valence-electron chi connectivity index (χ0n) is 8.72. The van der Waals surface area contributed by atoms with Crippen LogP contribution in [-0.2, 0) is 0 Å². The molecular formula is C10H12Br2N2O2. The molecule has 0 aliphatic carbocycles. The Morgan fingerprint density at radius 3 is 2.56 bits per heavy atom. The molecule has 0 saturated carbocycles. The third-order valence-corrected chi connectivity index (χ3v) is 4.49. The van der Waals surface area contributed by atoms with Crippen LogP contribution < -0.4 is 10.9 Å². The van der Waals surface area contributed by atoms with E-state index in [1.54, 1.807) is 12.1 Å². The van der Waals surface area contributed by atoms with E-state index in [0.29, 0.717) is 10.7 Å². The van der Waals surface area contributed by atoms with Crippen LogP contribution in [-0.4, -0.2) is 27.1 Å². The van der Waals surface area contributed by atoms with Crippen LogP contribution in [0.4, 0.5) is 0 Å². The molecule has 0 atom stereocenters. The number of H-pyrrole nitrogens is 1. The molecule has 88 valence electrons. The molecule has 0 aromatic carbocycles. The maximum absolute atomic E-state index is 11.8. The molecule has 0 saturated heterocycles. The van der Waals surface area contributed by atoms with Gasteiger partial charge in [0.05, 0.1) is 5.54 Å². The molecule has 0 aliphatic heterocycles. The first-order valence-corrected chi connectivity index (χ1v) is 6.89. The normalized spacial score (nSPS) is 11.2. The fraction of sp³-hybridized carbons (Fsp3) is 0.400. The number of halogens is 2. The molecule has 0 unspecified atom stereocenters. The summed E-state index contributed by atoms with van der Waals surface area (Å²) in [4.78, 5) is 25.3. The third-order valence-electron chi connectivity index (χ3n) is 2.02. The predicted molar refractivity (Wildman–Crippen MR) is 70.5 cm³/mol. The van der Waals surface area contributed by atoms with Crippen molar-refractivity contribution in [2.75, 3.05) is 10.7 Å². The average Bonchev–Trinajstić information content (AvgIpc) is 2.29. The van der Waals surface area contributed by atoms with Gasteiger partial charge >= 0.3 is 0 Å². The molecule has 1 aromatic rings. The molecule has 2 N–H and O–H groups in total. The smallest absolute Gasteiger partial charge is 0.268 e. The number of rotatable bonds is 4. The largest absolute Gasteiger partial charge is 0.344 e. The lowest BCUT2D eigenvalue weighted by molar-refractivity contribution is 0.0917. The highest BCUT2D eigenvalue weighted by Gasteiger charge is 2.24. The molecule has 1 rings (SSSR count). The second-order valence-corrected chi connectivity index (χ2v) is 4.83.